The van der Waals surface area contributed by atoms with Gasteiger partial charge in [0.25, 0.3) is 5.91 Å². The molecule has 0 saturated heterocycles. The number of benzene rings is 2. The Balaban J connectivity index is 1.47. The fourth-order valence-electron chi connectivity index (χ4n) is 4.55. The lowest BCUT2D eigenvalue weighted by atomic mass is 10.1. The standard InChI is InChI=1S/C29H35N5O5S/c1-4-24(28(37)30-16-9-17-38-2)40-29-32-21-12-7-6-11-20(21)26-33-27(36)22(34(26)29)14-15-25(35)31-18-19-10-5-8-13-23(19)39-3/h5-8,10-13,22,24H,4,9,14-18H2,1-3H3,(H,30,37)(H,31,35). The maximum atomic E-state index is 13.1. The van der Waals surface area contributed by atoms with Crippen LogP contribution in [0.5, 0.6) is 5.75 Å². The average molecular weight is 566 g/mol. The highest BCUT2D eigenvalue weighted by atomic mass is 32.2. The number of ether oxygens (including phenoxy) is 2. The van der Waals surface area contributed by atoms with Crippen LogP contribution < -0.4 is 15.4 Å². The third kappa shape index (κ3) is 6.89. The predicted octanol–water partition coefficient (Wildman–Crippen LogP) is 3.41. The lowest BCUT2D eigenvalue weighted by Gasteiger charge is -2.32. The first kappa shape index (κ1) is 29.3. The van der Waals surface area contributed by atoms with Gasteiger partial charge in [-0.2, -0.15) is 4.99 Å². The minimum atomic E-state index is -0.686. The van der Waals surface area contributed by atoms with E-state index in [4.69, 9.17) is 14.5 Å². The van der Waals surface area contributed by atoms with Crippen molar-refractivity contribution in [1.82, 2.24) is 15.5 Å². The number of nitrogens with one attached hydrogen (secondary N) is 2. The molecule has 2 aliphatic heterocycles. The number of nitrogens with zero attached hydrogens (tertiary/aromatic N) is 3. The number of fused-ring (bicyclic) bond motifs is 3. The summed E-state index contributed by atoms with van der Waals surface area (Å²) in [5.41, 5.74) is 2.31. The third-order valence-corrected chi connectivity index (χ3v) is 7.99. The Bertz CT molecular complexity index is 1300. The van der Waals surface area contributed by atoms with E-state index in [9.17, 15) is 14.4 Å². The van der Waals surface area contributed by atoms with Crippen LogP contribution >= 0.6 is 11.8 Å². The molecule has 0 fully saturated rings. The molecule has 212 valence electrons. The van der Waals surface area contributed by atoms with Crippen LogP contribution in [0.15, 0.2) is 58.5 Å². The zero-order valence-electron chi connectivity index (χ0n) is 23.0. The summed E-state index contributed by atoms with van der Waals surface area (Å²) in [6.07, 6.45) is 1.68. The fourth-order valence-corrected chi connectivity index (χ4v) is 5.64. The first-order chi connectivity index (χ1) is 19.5. The van der Waals surface area contributed by atoms with Crippen LogP contribution in [0.4, 0.5) is 5.69 Å². The summed E-state index contributed by atoms with van der Waals surface area (Å²) in [6.45, 7) is 3.34. The molecule has 2 atom stereocenters. The average Bonchev–Trinajstić information content (AvgIpc) is 3.32. The van der Waals surface area contributed by atoms with Crippen LogP contribution in [-0.4, -0.2) is 72.3 Å². The van der Waals surface area contributed by atoms with Crippen molar-refractivity contribution in [3.8, 4) is 5.75 Å². The van der Waals surface area contributed by atoms with Gasteiger partial charge in [-0.25, -0.2) is 4.99 Å². The number of amidine groups is 2. The molecular formula is C29H35N5O5S. The SMILES string of the molecule is CCC(SC1=Nc2ccccc2C2=NC(=O)C(CCC(=O)NCc3ccccc3OC)N12)C(=O)NCCCOC. The number of amides is 3. The normalized spacial score (nSPS) is 16.4. The topological polar surface area (TPSA) is 122 Å². The van der Waals surface area contributed by atoms with Gasteiger partial charge in [-0.15, -0.1) is 0 Å². The lowest BCUT2D eigenvalue weighted by molar-refractivity contribution is -0.123. The zero-order valence-corrected chi connectivity index (χ0v) is 23.8. The monoisotopic (exact) mass is 565 g/mol. The van der Waals surface area contributed by atoms with E-state index in [0.717, 1.165) is 17.5 Å². The number of rotatable bonds is 13. The first-order valence-electron chi connectivity index (χ1n) is 13.4. The molecule has 2 unspecified atom stereocenters. The number of hydrogen-bond donors (Lipinski definition) is 2. The summed E-state index contributed by atoms with van der Waals surface area (Å²) in [6, 6.07) is 14.3. The van der Waals surface area contributed by atoms with E-state index in [1.54, 1.807) is 19.1 Å². The van der Waals surface area contributed by atoms with E-state index in [0.29, 0.717) is 48.6 Å². The smallest absolute Gasteiger partial charge is 0.270 e. The summed E-state index contributed by atoms with van der Waals surface area (Å²) in [7, 11) is 3.22. The van der Waals surface area contributed by atoms with Crippen molar-refractivity contribution >= 4 is 46.2 Å². The second kappa shape index (κ2) is 14.1. The van der Waals surface area contributed by atoms with E-state index in [1.165, 1.54) is 11.8 Å². The van der Waals surface area contributed by atoms with Crippen molar-refractivity contribution in [3.63, 3.8) is 0 Å². The Morgan fingerprint density at radius 1 is 1.07 bits per heavy atom. The van der Waals surface area contributed by atoms with Crippen molar-refractivity contribution in [2.24, 2.45) is 9.98 Å². The third-order valence-electron chi connectivity index (χ3n) is 6.66. The molecule has 0 aliphatic carbocycles. The van der Waals surface area contributed by atoms with Gasteiger partial charge in [0.2, 0.25) is 11.8 Å². The van der Waals surface area contributed by atoms with Gasteiger partial charge in [0.1, 0.15) is 17.6 Å². The van der Waals surface area contributed by atoms with Crippen molar-refractivity contribution in [2.75, 3.05) is 27.4 Å². The van der Waals surface area contributed by atoms with Crippen molar-refractivity contribution < 1.29 is 23.9 Å². The van der Waals surface area contributed by atoms with Crippen LogP contribution in [0.1, 0.15) is 43.7 Å². The van der Waals surface area contributed by atoms with Crippen molar-refractivity contribution in [1.29, 1.82) is 0 Å². The molecule has 2 aliphatic rings. The Morgan fingerprint density at radius 3 is 2.62 bits per heavy atom. The number of thioether (sulfide) groups is 1. The molecule has 2 aromatic rings. The van der Waals surface area contributed by atoms with Gasteiger partial charge in [-0.05, 0) is 37.5 Å². The van der Waals surface area contributed by atoms with Gasteiger partial charge in [-0.3, -0.25) is 19.3 Å². The molecule has 40 heavy (non-hydrogen) atoms. The quantitative estimate of drug-likeness (QED) is 0.357. The predicted molar refractivity (Wildman–Crippen MR) is 156 cm³/mol. The molecule has 0 radical (unpaired) electrons. The second-order valence-corrected chi connectivity index (χ2v) is 10.5. The molecule has 0 bridgehead atoms. The van der Waals surface area contributed by atoms with E-state index in [2.05, 4.69) is 15.6 Å². The number of aliphatic imine (C=N–C) groups is 2. The van der Waals surface area contributed by atoms with Crippen molar-refractivity contribution in [3.05, 3.63) is 59.7 Å². The summed E-state index contributed by atoms with van der Waals surface area (Å²) >= 11 is 1.31. The lowest BCUT2D eigenvalue weighted by Crippen LogP contribution is -2.45. The number of carbonyl (C=O) groups is 3. The van der Waals surface area contributed by atoms with Crippen molar-refractivity contribution in [2.45, 2.75) is 50.4 Å². The molecule has 0 spiro atoms. The van der Waals surface area contributed by atoms with Gasteiger partial charge in [0.15, 0.2) is 5.17 Å². The highest BCUT2D eigenvalue weighted by Gasteiger charge is 2.42. The first-order valence-corrected chi connectivity index (χ1v) is 14.3. The van der Waals surface area contributed by atoms with Crippen LogP contribution in [0.25, 0.3) is 0 Å². The molecule has 0 aromatic heterocycles. The summed E-state index contributed by atoms with van der Waals surface area (Å²) in [4.78, 5) is 49.8. The molecule has 3 amide bonds. The minimum absolute atomic E-state index is 0.0959. The molecule has 0 saturated carbocycles. The van der Waals surface area contributed by atoms with Gasteiger partial charge >= 0.3 is 0 Å². The number of para-hydroxylation sites is 2. The Kier molecular flexibility index (Phi) is 10.3. The van der Waals surface area contributed by atoms with E-state index >= 15 is 0 Å². The minimum Gasteiger partial charge on any atom is -0.496 e. The van der Waals surface area contributed by atoms with Crippen LogP contribution in [-0.2, 0) is 25.7 Å². The summed E-state index contributed by atoms with van der Waals surface area (Å²) in [5, 5.41) is 5.99. The van der Waals surface area contributed by atoms with E-state index in [-0.39, 0.29) is 30.6 Å². The Morgan fingerprint density at radius 2 is 1.85 bits per heavy atom. The maximum absolute atomic E-state index is 13.1. The summed E-state index contributed by atoms with van der Waals surface area (Å²) < 4.78 is 10.4. The second-order valence-electron chi connectivity index (χ2n) is 9.35. The molecular weight excluding hydrogens is 530 g/mol. The van der Waals surface area contributed by atoms with Crippen LogP contribution in [0.3, 0.4) is 0 Å². The Labute approximate surface area is 238 Å². The highest BCUT2D eigenvalue weighted by molar-refractivity contribution is 8.15. The van der Waals surface area contributed by atoms with Gasteiger partial charge < -0.3 is 20.1 Å². The van der Waals surface area contributed by atoms with Crippen LogP contribution in [0.2, 0.25) is 0 Å². The number of carbonyl (C=O) groups excluding carboxylic acids is 3. The van der Waals surface area contributed by atoms with Gasteiger partial charge in [0.05, 0.1) is 18.0 Å². The molecule has 11 heteroatoms. The van der Waals surface area contributed by atoms with E-state index in [1.807, 2.05) is 55.5 Å². The molecule has 2 N–H and O–H groups in total. The number of hydrogen-bond acceptors (Lipinski definition) is 8. The fraction of sp³-hybridized carbons (Fsp3) is 0.414. The maximum Gasteiger partial charge on any atom is 0.270 e. The molecule has 10 nitrogen and oxygen atoms in total. The van der Waals surface area contributed by atoms with Gasteiger partial charge in [-0.1, -0.05) is 49.0 Å². The van der Waals surface area contributed by atoms with E-state index < -0.39 is 11.3 Å². The largest absolute Gasteiger partial charge is 0.496 e. The highest BCUT2D eigenvalue weighted by Crippen LogP contribution is 2.36. The molecule has 4 rings (SSSR count). The Hall–Kier alpha value is -3.70. The van der Waals surface area contributed by atoms with Crippen LogP contribution in [0, 0.1) is 0 Å². The molecule has 2 aromatic carbocycles. The molecule has 2 heterocycles. The zero-order chi connectivity index (χ0) is 28.5. The van der Waals surface area contributed by atoms with Gasteiger partial charge in [0, 0.05) is 44.4 Å². The number of methoxy groups -OCH3 is 2. The summed E-state index contributed by atoms with van der Waals surface area (Å²) in [5.74, 6) is 0.603.